The molecule has 0 aromatic carbocycles. The molecule has 0 saturated carbocycles. The van der Waals surface area contributed by atoms with Crippen molar-refractivity contribution in [3.8, 4) is 0 Å². The van der Waals surface area contributed by atoms with E-state index >= 15 is 0 Å². The number of pyridine rings is 1. The van der Waals surface area contributed by atoms with Crippen LogP contribution >= 0.6 is 7.82 Å². The molecule has 188 valence electrons. The van der Waals surface area contributed by atoms with E-state index in [1.807, 2.05) is 0 Å². The molecule has 4 heterocycles. The maximum absolute atomic E-state index is 12.4. The van der Waals surface area contributed by atoms with Crippen LogP contribution in [0.1, 0.15) is 16.6 Å². The number of aliphatic hydroxyl groups excluding tert-OH is 2. The Morgan fingerprint density at radius 1 is 1.31 bits per heavy atom. The van der Waals surface area contributed by atoms with Gasteiger partial charge < -0.3 is 35.2 Å². The van der Waals surface area contributed by atoms with Crippen LogP contribution < -0.4 is 11.3 Å². The zero-order valence-corrected chi connectivity index (χ0v) is 18.9. The molecule has 35 heavy (non-hydrogen) atoms. The molecule has 1 fully saturated rings. The van der Waals surface area contributed by atoms with Gasteiger partial charge in [-0.15, -0.1) is 0 Å². The van der Waals surface area contributed by atoms with Crippen LogP contribution in [-0.2, 0) is 25.6 Å². The van der Waals surface area contributed by atoms with Crippen LogP contribution in [0.4, 0.5) is 5.95 Å². The number of hydrogen-bond acceptors (Lipinski definition) is 12. The molecule has 1 aliphatic rings. The number of imidazole rings is 1. The first-order valence-electron chi connectivity index (χ1n) is 9.99. The summed E-state index contributed by atoms with van der Waals surface area (Å²) in [5.74, 6) is -0.991. The fraction of sp³-hybridized carbons (Fsp3) is 0.389. The summed E-state index contributed by atoms with van der Waals surface area (Å²) in [7, 11) is -3.82. The summed E-state index contributed by atoms with van der Waals surface area (Å²) in [6, 6.07) is 2.94. The summed E-state index contributed by atoms with van der Waals surface area (Å²) < 4.78 is 29.1. The first-order chi connectivity index (χ1) is 16.5. The van der Waals surface area contributed by atoms with Gasteiger partial charge in [-0.3, -0.25) is 23.4 Å². The van der Waals surface area contributed by atoms with Gasteiger partial charge in [0.15, 0.2) is 17.4 Å². The van der Waals surface area contributed by atoms with Crippen molar-refractivity contribution in [1.29, 1.82) is 0 Å². The Labute approximate surface area is 195 Å². The Bertz CT molecular complexity index is 1340. The number of esters is 1. The average Bonchev–Trinajstić information content (AvgIpc) is 3.23. The second-order valence-electron chi connectivity index (χ2n) is 7.61. The summed E-state index contributed by atoms with van der Waals surface area (Å²) in [6.45, 7) is -0.594. The van der Waals surface area contributed by atoms with Crippen molar-refractivity contribution in [2.45, 2.75) is 30.6 Å². The predicted octanol–water partition coefficient (Wildman–Crippen LogP) is -1.94. The van der Waals surface area contributed by atoms with E-state index in [0.717, 1.165) is 15.5 Å². The molecule has 0 radical (unpaired) electrons. The minimum atomic E-state index is -5.20. The number of aromatic nitrogens is 5. The molecule has 0 amide bonds. The average molecular weight is 512 g/mol. The van der Waals surface area contributed by atoms with Crippen LogP contribution in [0.5, 0.6) is 0 Å². The van der Waals surface area contributed by atoms with Gasteiger partial charge in [-0.05, 0) is 12.1 Å². The van der Waals surface area contributed by atoms with E-state index in [-0.39, 0.29) is 22.7 Å². The summed E-state index contributed by atoms with van der Waals surface area (Å²) >= 11 is 0. The number of nitrogen functional groups attached to an aromatic ring is 1. The lowest BCUT2D eigenvalue weighted by atomic mass is 9.98. The van der Waals surface area contributed by atoms with Crippen molar-refractivity contribution >= 4 is 30.9 Å². The van der Waals surface area contributed by atoms with E-state index in [9.17, 15) is 34.2 Å². The van der Waals surface area contributed by atoms with Crippen LogP contribution in [0.25, 0.3) is 11.2 Å². The minimum Gasteiger partial charge on any atom is -0.459 e. The molecular weight excluding hydrogens is 491 g/mol. The molecule has 6 N–H and O–H groups in total. The standard InChI is InChI=1S/C18H21N6O10P/c1-23-15(27)10-14(22-18(23)19)24(7-21-10)16-12(26)13(34-35(29,30)31)11(25)9(33-16)6-32-17(28)8-3-2-4-20-5-8/h2-5,7,9,11-13,16,25-26H,6H2,1H3,(H2,19,22)(H2,29,30,31)/t9-,11-,12-,13+,16-/m1/s1. The Hall–Kier alpha value is -3.24. The Kier molecular flexibility index (Phi) is 6.70. The van der Waals surface area contributed by atoms with Crippen LogP contribution in [0, 0.1) is 0 Å². The number of aliphatic hydroxyl groups is 2. The Morgan fingerprint density at radius 3 is 2.71 bits per heavy atom. The summed E-state index contributed by atoms with van der Waals surface area (Å²) in [6.07, 6.45) is -4.77. The predicted molar refractivity (Wildman–Crippen MR) is 115 cm³/mol. The highest BCUT2D eigenvalue weighted by atomic mass is 31.2. The van der Waals surface area contributed by atoms with Gasteiger partial charge in [-0.25, -0.2) is 14.3 Å². The van der Waals surface area contributed by atoms with Crippen LogP contribution in [0.2, 0.25) is 0 Å². The van der Waals surface area contributed by atoms with Gasteiger partial charge in [0.25, 0.3) is 5.56 Å². The number of nitrogens with zero attached hydrogens (tertiary/aromatic N) is 5. The molecule has 16 nitrogen and oxygen atoms in total. The highest BCUT2D eigenvalue weighted by molar-refractivity contribution is 7.46. The number of fused-ring (bicyclic) bond motifs is 1. The molecule has 3 aromatic rings. The Balaban J connectivity index is 1.67. The molecule has 0 spiro atoms. The maximum atomic E-state index is 12.4. The van der Waals surface area contributed by atoms with E-state index < -0.39 is 56.6 Å². The highest BCUT2D eigenvalue weighted by Crippen LogP contribution is 2.43. The molecular formula is C18H21N6O10P. The number of phosphoric acid groups is 1. The zero-order chi connectivity index (χ0) is 25.5. The van der Waals surface area contributed by atoms with Gasteiger partial charge >= 0.3 is 13.8 Å². The zero-order valence-electron chi connectivity index (χ0n) is 18.0. The van der Waals surface area contributed by atoms with Gasteiger partial charge in [0.05, 0.1) is 11.9 Å². The number of rotatable bonds is 6. The van der Waals surface area contributed by atoms with Gasteiger partial charge in [-0.2, -0.15) is 4.98 Å². The first kappa shape index (κ1) is 24.9. The van der Waals surface area contributed by atoms with Crippen molar-refractivity contribution in [2.24, 2.45) is 7.05 Å². The van der Waals surface area contributed by atoms with Gasteiger partial charge in [0.1, 0.15) is 31.0 Å². The quantitative estimate of drug-likeness (QED) is 0.179. The third-order valence-electron chi connectivity index (χ3n) is 5.31. The molecule has 3 aromatic heterocycles. The maximum Gasteiger partial charge on any atom is 0.470 e. The molecule has 0 unspecified atom stereocenters. The first-order valence-corrected chi connectivity index (χ1v) is 11.5. The summed E-state index contributed by atoms with van der Waals surface area (Å²) in [5, 5.41) is 21.4. The van der Waals surface area contributed by atoms with Crippen molar-refractivity contribution in [3.05, 3.63) is 46.8 Å². The summed E-state index contributed by atoms with van der Waals surface area (Å²) in [5.41, 5.74) is 5.03. The number of nitrogens with two attached hydrogens (primary N) is 1. The smallest absolute Gasteiger partial charge is 0.459 e. The molecule has 1 aliphatic heterocycles. The van der Waals surface area contributed by atoms with Gasteiger partial charge in [-0.1, -0.05) is 0 Å². The minimum absolute atomic E-state index is 0.105. The molecule has 5 atom stereocenters. The molecule has 0 aliphatic carbocycles. The fourth-order valence-corrected chi connectivity index (χ4v) is 4.11. The molecule has 0 bridgehead atoms. The second-order valence-corrected chi connectivity index (χ2v) is 8.80. The number of carbonyl (C=O) groups excluding carboxylic acids is 1. The third kappa shape index (κ3) is 4.94. The third-order valence-corrected chi connectivity index (χ3v) is 5.83. The van der Waals surface area contributed by atoms with E-state index in [2.05, 4.69) is 19.5 Å². The Morgan fingerprint density at radius 2 is 2.06 bits per heavy atom. The topological polar surface area (TPSA) is 234 Å². The van der Waals surface area contributed by atoms with Crippen molar-refractivity contribution in [2.75, 3.05) is 12.3 Å². The number of ether oxygens (including phenoxy) is 2. The molecule has 17 heteroatoms. The number of phosphoric ester groups is 1. The SMILES string of the molecule is Cn1c(N)nc2c(ncn2[C@@H]2O[C@H](COC(=O)c3cccnc3)[C@@H](O)[C@H](OP(=O)(O)O)[C@H]2O)c1=O. The lowest BCUT2D eigenvalue weighted by Crippen LogP contribution is -2.57. The van der Waals surface area contributed by atoms with Gasteiger partial charge in [0, 0.05) is 19.4 Å². The largest absolute Gasteiger partial charge is 0.470 e. The van der Waals surface area contributed by atoms with Crippen LogP contribution in [0.3, 0.4) is 0 Å². The lowest BCUT2D eigenvalue weighted by molar-refractivity contribution is -0.246. The van der Waals surface area contributed by atoms with Crippen molar-refractivity contribution in [3.63, 3.8) is 0 Å². The van der Waals surface area contributed by atoms with Crippen molar-refractivity contribution < 1.29 is 43.4 Å². The molecule has 1 saturated heterocycles. The lowest BCUT2D eigenvalue weighted by Gasteiger charge is -2.42. The second kappa shape index (κ2) is 9.43. The van der Waals surface area contributed by atoms with Crippen molar-refractivity contribution in [1.82, 2.24) is 24.1 Å². The molecule has 4 rings (SSSR count). The summed E-state index contributed by atoms with van der Waals surface area (Å²) in [4.78, 5) is 55.1. The van der Waals surface area contributed by atoms with Crippen LogP contribution in [0.15, 0.2) is 35.6 Å². The van der Waals surface area contributed by atoms with Gasteiger partial charge in [0.2, 0.25) is 5.95 Å². The number of anilines is 1. The number of carbonyl (C=O) groups is 1. The normalized spacial score (nSPS) is 25.0. The number of hydrogen-bond donors (Lipinski definition) is 5. The van der Waals surface area contributed by atoms with E-state index in [1.165, 1.54) is 31.6 Å². The fourth-order valence-electron chi connectivity index (χ4n) is 3.54. The van der Waals surface area contributed by atoms with E-state index in [0.29, 0.717) is 0 Å². The van der Waals surface area contributed by atoms with E-state index in [4.69, 9.17) is 15.2 Å². The highest BCUT2D eigenvalue weighted by Gasteiger charge is 2.49. The monoisotopic (exact) mass is 512 g/mol. The van der Waals surface area contributed by atoms with Crippen LogP contribution in [-0.4, -0.2) is 81.1 Å². The van der Waals surface area contributed by atoms with E-state index in [1.54, 1.807) is 0 Å².